The van der Waals surface area contributed by atoms with Crippen molar-refractivity contribution in [2.75, 3.05) is 0 Å². The second-order valence-electron chi connectivity index (χ2n) is 4.61. The summed E-state index contributed by atoms with van der Waals surface area (Å²) in [5.41, 5.74) is 4.71. The summed E-state index contributed by atoms with van der Waals surface area (Å²) in [6.07, 6.45) is 3.57. The molecule has 0 fully saturated rings. The van der Waals surface area contributed by atoms with Crippen LogP contribution in [0.2, 0.25) is 0 Å². The van der Waals surface area contributed by atoms with Crippen LogP contribution in [0, 0.1) is 12.7 Å². The number of halogens is 1. The van der Waals surface area contributed by atoms with Crippen LogP contribution in [0.4, 0.5) is 4.39 Å². The second kappa shape index (κ2) is 5.21. The zero-order valence-corrected chi connectivity index (χ0v) is 11.0. The molecule has 20 heavy (non-hydrogen) atoms. The molecule has 98 valence electrons. The number of hydrogen-bond donors (Lipinski definition) is 0. The van der Waals surface area contributed by atoms with Crippen molar-refractivity contribution >= 4 is 0 Å². The first kappa shape index (κ1) is 12.5. The lowest BCUT2D eigenvalue weighted by atomic mass is 10.0. The van der Waals surface area contributed by atoms with Gasteiger partial charge >= 0.3 is 0 Å². The number of aryl methyl sites for hydroxylation is 1. The summed E-state index contributed by atoms with van der Waals surface area (Å²) < 4.78 is 13.0. The van der Waals surface area contributed by atoms with Crippen molar-refractivity contribution in [2.24, 2.45) is 0 Å². The van der Waals surface area contributed by atoms with Gasteiger partial charge in [-0.1, -0.05) is 18.2 Å². The number of hydrogen-bond acceptors (Lipinski definition) is 2. The Bertz CT molecular complexity index is 722. The molecule has 0 bridgehead atoms. The maximum absolute atomic E-state index is 13.0. The zero-order valence-electron chi connectivity index (χ0n) is 11.0. The molecule has 0 unspecified atom stereocenters. The average Bonchev–Trinajstić information content (AvgIpc) is 2.50. The predicted octanol–water partition coefficient (Wildman–Crippen LogP) is 4.26. The summed E-state index contributed by atoms with van der Waals surface area (Å²) in [4.78, 5) is 8.72. The molecular weight excluding hydrogens is 251 g/mol. The Labute approximate surface area is 117 Å². The smallest absolute Gasteiger partial charge is 0.123 e. The largest absolute Gasteiger partial charge is 0.255 e. The Morgan fingerprint density at radius 3 is 2.40 bits per heavy atom. The van der Waals surface area contributed by atoms with Crippen LogP contribution in [-0.4, -0.2) is 9.97 Å². The van der Waals surface area contributed by atoms with Crippen molar-refractivity contribution in [1.82, 2.24) is 9.97 Å². The SMILES string of the molecule is Cc1cnc(-c2ccccn2)cc1-c1ccc(F)cc1. The topological polar surface area (TPSA) is 25.8 Å². The first-order chi connectivity index (χ1) is 9.74. The third-order valence-corrected chi connectivity index (χ3v) is 3.19. The van der Waals surface area contributed by atoms with E-state index in [1.807, 2.05) is 37.4 Å². The number of rotatable bonds is 2. The molecule has 0 aliphatic carbocycles. The number of aromatic nitrogens is 2. The Morgan fingerprint density at radius 1 is 0.900 bits per heavy atom. The fourth-order valence-corrected chi connectivity index (χ4v) is 2.12. The van der Waals surface area contributed by atoms with E-state index in [-0.39, 0.29) is 5.82 Å². The average molecular weight is 264 g/mol. The maximum Gasteiger partial charge on any atom is 0.123 e. The molecule has 3 rings (SSSR count). The van der Waals surface area contributed by atoms with Crippen LogP contribution in [0.15, 0.2) is 60.9 Å². The van der Waals surface area contributed by atoms with E-state index in [1.54, 1.807) is 18.3 Å². The molecule has 0 spiro atoms. The lowest BCUT2D eigenvalue weighted by Crippen LogP contribution is -1.91. The van der Waals surface area contributed by atoms with Gasteiger partial charge in [-0.2, -0.15) is 0 Å². The van der Waals surface area contributed by atoms with E-state index >= 15 is 0 Å². The molecule has 2 aromatic heterocycles. The molecule has 0 radical (unpaired) electrons. The minimum Gasteiger partial charge on any atom is -0.255 e. The highest BCUT2D eigenvalue weighted by Crippen LogP contribution is 2.26. The molecule has 0 aliphatic rings. The van der Waals surface area contributed by atoms with E-state index in [1.165, 1.54) is 12.1 Å². The molecule has 0 aliphatic heterocycles. The van der Waals surface area contributed by atoms with Crippen molar-refractivity contribution in [1.29, 1.82) is 0 Å². The van der Waals surface area contributed by atoms with E-state index in [0.717, 1.165) is 28.1 Å². The lowest BCUT2D eigenvalue weighted by molar-refractivity contribution is 0.628. The van der Waals surface area contributed by atoms with Gasteiger partial charge < -0.3 is 0 Å². The van der Waals surface area contributed by atoms with Gasteiger partial charge in [0, 0.05) is 12.4 Å². The van der Waals surface area contributed by atoms with Crippen LogP contribution >= 0.6 is 0 Å². The fraction of sp³-hybridized carbons (Fsp3) is 0.0588. The van der Waals surface area contributed by atoms with E-state index < -0.39 is 0 Å². The summed E-state index contributed by atoms with van der Waals surface area (Å²) in [5, 5.41) is 0. The van der Waals surface area contributed by atoms with Gasteiger partial charge in [-0.25, -0.2) is 4.39 Å². The van der Waals surface area contributed by atoms with Crippen LogP contribution in [0.1, 0.15) is 5.56 Å². The Kier molecular flexibility index (Phi) is 3.25. The zero-order chi connectivity index (χ0) is 13.9. The van der Waals surface area contributed by atoms with Gasteiger partial charge in [0.05, 0.1) is 11.4 Å². The second-order valence-corrected chi connectivity index (χ2v) is 4.61. The third kappa shape index (κ3) is 2.43. The van der Waals surface area contributed by atoms with Crippen molar-refractivity contribution in [3.05, 3.63) is 72.3 Å². The van der Waals surface area contributed by atoms with Crippen LogP contribution < -0.4 is 0 Å². The monoisotopic (exact) mass is 264 g/mol. The van der Waals surface area contributed by atoms with Gasteiger partial charge in [0.2, 0.25) is 0 Å². The summed E-state index contributed by atoms with van der Waals surface area (Å²) in [6.45, 7) is 1.99. The highest BCUT2D eigenvalue weighted by atomic mass is 19.1. The maximum atomic E-state index is 13.0. The number of benzene rings is 1. The van der Waals surface area contributed by atoms with Crippen molar-refractivity contribution in [2.45, 2.75) is 6.92 Å². The van der Waals surface area contributed by atoms with Gasteiger partial charge in [0.15, 0.2) is 0 Å². The summed E-state index contributed by atoms with van der Waals surface area (Å²) in [6, 6.07) is 14.2. The molecule has 0 N–H and O–H groups in total. The molecule has 0 saturated heterocycles. The molecule has 3 aromatic rings. The molecule has 0 atom stereocenters. The van der Waals surface area contributed by atoms with E-state index in [4.69, 9.17) is 0 Å². The van der Waals surface area contributed by atoms with Crippen LogP contribution in [0.5, 0.6) is 0 Å². The molecule has 0 amide bonds. The Hall–Kier alpha value is -2.55. The minimum absolute atomic E-state index is 0.231. The van der Waals surface area contributed by atoms with E-state index in [2.05, 4.69) is 9.97 Å². The quantitative estimate of drug-likeness (QED) is 0.691. The summed E-state index contributed by atoms with van der Waals surface area (Å²) in [7, 11) is 0. The molecule has 1 aromatic carbocycles. The van der Waals surface area contributed by atoms with Gasteiger partial charge in [-0.15, -0.1) is 0 Å². The van der Waals surface area contributed by atoms with E-state index in [9.17, 15) is 4.39 Å². The highest BCUT2D eigenvalue weighted by Gasteiger charge is 2.07. The van der Waals surface area contributed by atoms with Crippen LogP contribution in [0.3, 0.4) is 0 Å². The first-order valence-corrected chi connectivity index (χ1v) is 6.38. The fourth-order valence-electron chi connectivity index (χ4n) is 2.12. The molecule has 2 heterocycles. The van der Waals surface area contributed by atoms with Gasteiger partial charge in [0.25, 0.3) is 0 Å². The number of nitrogens with zero attached hydrogens (tertiary/aromatic N) is 2. The lowest BCUT2D eigenvalue weighted by Gasteiger charge is -2.08. The number of pyridine rings is 2. The normalized spacial score (nSPS) is 10.5. The van der Waals surface area contributed by atoms with Gasteiger partial charge in [-0.05, 0) is 53.9 Å². The van der Waals surface area contributed by atoms with Crippen LogP contribution in [-0.2, 0) is 0 Å². The Morgan fingerprint density at radius 2 is 1.70 bits per heavy atom. The van der Waals surface area contributed by atoms with Crippen molar-refractivity contribution in [3.8, 4) is 22.5 Å². The summed E-state index contributed by atoms with van der Waals surface area (Å²) in [5.74, 6) is -0.231. The van der Waals surface area contributed by atoms with Crippen molar-refractivity contribution < 1.29 is 4.39 Å². The molecule has 3 heteroatoms. The third-order valence-electron chi connectivity index (χ3n) is 3.19. The minimum atomic E-state index is -0.231. The first-order valence-electron chi connectivity index (χ1n) is 6.38. The summed E-state index contributed by atoms with van der Waals surface area (Å²) >= 11 is 0. The highest BCUT2D eigenvalue weighted by molar-refractivity contribution is 5.71. The molecule has 2 nitrogen and oxygen atoms in total. The van der Waals surface area contributed by atoms with Gasteiger partial charge in [-0.3, -0.25) is 9.97 Å². The van der Waals surface area contributed by atoms with E-state index in [0.29, 0.717) is 0 Å². The standard InChI is InChI=1S/C17H13FN2/c1-12-11-20-17(16-4-2-3-9-19-16)10-15(12)13-5-7-14(18)8-6-13/h2-11H,1H3. The predicted molar refractivity (Wildman–Crippen MR) is 77.6 cm³/mol. The molecule has 0 saturated carbocycles. The Balaban J connectivity index is 2.10. The van der Waals surface area contributed by atoms with Crippen LogP contribution in [0.25, 0.3) is 22.5 Å². The van der Waals surface area contributed by atoms with Crippen molar-refractivity contribution in [3.63, 3.8) is 0 Å². The molecular formula is C17H13FN2. The van der Waals surface area contributed by atoms with Gasteiger partial charge in [0.1, 0.15) is 5.82 Å².